The molecule has 3 aromatic carbocycles. The van der Waals surface area contributed by atoms with Crippen LogP contribution in [-0.2, 0) is 16.6 Å². The summed E-state index contributed by atoms with van der Waals surface area (Å²) in [5.74, 6) is 0.727. The van der Waals surface area contributed by atoms with E-state index in [-0.39, 0.29) is 17.3 Å². The Morgan fingerprint density at radius 3 is 2.28 bits per heavy atom. The maximum absolute atomic E-state index is 12.9. The van der Waals surface area contributed by atoms with Crippen LogP contribution in [0.5, 0.6) is 0 Å². The Labute approximate surface area is 190 Å². The Bertz CT molecular complexity index is 1170. The van der Waals surface area contributed by atoms with Gasteiger partial charge in [-0.3, -0.25) is 4.79 Å². The fraction of sp³-hybridized carbons (Fsp3) is 0.269. The fourth-order valence-electron chi connectivity index (χ4n) is 3.91. The molecule has 0 radical (unpaired) electrons. The summed E-state index contributed by atoms with van der Waals surface area (Å²) >= 11 is 0. The van der Waals surface area contributed by atoms with Crippen LogP contribution in [0.25, 0.3) is 11.1 Å². The van der Waals surface area contributed by atoms with Crippen LogP contribution in [0, 0.1) is 5.92 Å². The Morgan fingerprint density at radius 1 is 0.906 bits per heavy atom. The number of hydrogen-bond donors (Lipinski definition) is 1. The minimum atomic E-state index is -3.61. The molecule has 1 heterocycles. The first-order valence-corrected chi connectivity index (χ1v) is 12.4. The maximum atomic E-state index is 12.9. The zero-order valence-corrected chi connectivity index (χ0v) is 19.0. The molecule has 1 fully saturated rings. The van der Waals surface area contributed by atoms with E-state index in [1.165, 1.54) is 0 Å². The van der Waals surface area contributed by atoms with Crippen LogP contribution in [-0.4, -0.2) is 32.3 Å². The molecule has 5 nitrogen and oxygen atoms in total. The molecule has 0 bridgehead atoms. The molecule has 1 aliphatic rings. The minimum absolute atomic E-state index is 0.0584. The van der Waals surface area contributed by atoms with Gasteiger partial charge in [-0.2, -0.15) is 0 Å². The van der Waals surface area contributed by atoms with Gasteiger partial charge in [0.15, 0.2) is 0 Å². The van der Waals surface area contributed by atoms with Gasteiger partial charge in [-0.15, -0.1) is 0 Å². The highest BCUT2D eigenvalue weighted by molar-refractivity contribution is 7.89. The monoisotopic (exact) mass is 448 g/mol. The molecule has 1 amide bonds. The molecular formula is C26H28N2O3S. The lowest BCUT2D eigenvalue weighted by atomic mass is 9.98. The molecule has 32 heavy (non-hydrogen) atoms. The SMILES string of the molecule is CC1CCN(C(=O)c2cccc(-c3ccc(S(=O)(=O)NCc4ccccc4)cc3)c2)CC1. The van der Waals surface area contributed by atoms with E-state index in [2.05, 4.69) is 11.6 Å². The lowest BCUT2D eigenvalue weighted by Gasteiger charge is -2.30. The average Bonchev–Trinajstić information content (AvgIpc) is 2.84. The predicted molar refractivity (Wildman–Crippen MR) is 127 cm³/mol. The Kier molecular flexibility index (Phi) is 6.72. The summed E-state index contributed by atoms with van der Waals surface area (Å²) in [4.78, 5) is 15.0. The highest BCUT2D eigenvalue weighted by Gasteiger charge is 2.21. The van der Waals surface area contributed by atoms with Gasteiger partial charge in [0, 0.05) is 25.2 Å². The zero-order chi connectivity index (χ0) is 22.6. The van der Waals surface area contributed by atoms with Crippen molar-refractivity contribution in [3.05, 3.63) is 90.0 Å². The van der Waals surface area contributed by atoms with E-state index in [0.29, 0.717) is 11.5 Å². The molecule has 0 unspecified atom stereocenters. The zero-order valence-electron chi connectivity index (χ0n) is 18.2. The summed E-state index contributed by atoms with van der Waals surface area (Å²) in [6.45, 7) is 4.06. The lowest BCUT2D eigenvalue weighted by Crippen LogP contribution is -2.37. The first-order valence-electron chi connectivity index (χ1n) is 11.0. The number of hydrogen-bond acceptors (Lipinski definition) is 3. The second kappa shape index (κ2) is 9.67. The van der Waals surface area contributed by atoms with Crippen LogP contribution in [0.1, 0.15) is 35.7 Å². The van der Waals surface area contributed by atoms with Crippen LogP contribution in [0.2, 0.25) is 0 Å². The molecule has 0 saturated carbocycles. The summed E-state index contributed by atoms with van der Waals surface area (Å²) in [6, 6.07) is 23.7. The molecule has 4 rings (SSSR count). The molecule has 6 heteroatoms. The van der Waals surface area contributed by atoms with E-state index >= 15 is 0 Å². The van der Waals surface area contributed by atoms with Gasteiger partial charge in [-0.1, -0.05) is 61.5 Å². The quantitative estimate of drug-likeness (QED) is 0.594. The largest absolute Gasteiger partial charge is 0.339 e. The van der Waals surface area contributed by atoms with Crippen LogP contribution >= 0.6 is 0 Å². The van der Waals surface area contributed by atoms with Crippen molar-refractivity contribution in [2.75, 3.05) is 13.1 Å². The van der Waals surface area contributed by atoms with Crippen molar-refractivity contribution in [1.82, 2.24) is 9.62 Å². The van der Waals surface area contributed by atoms with Gasteiger partial charge in [0.05, 0.1) is 4.90 Å². The van der Waals surface area contributed by atoms with E-state index in [1.54, 1.807) is 24.3 Å². The van der Waals surface area contributed by atoms with Gasteiger partial charge in [0.25, 0.3) is 5.91 Å². The second-order valence-electron chi connectivity index (χ2n) is 8.39. The number of nitrogens with one attached hydrogen (secondary N) is 1. The summed E-state index contributed by atoms with van der Waals surface area (Å²) in [5.41, 5.74) is 3.33. The van der Waals surface area contributed by atoms with Crippen LogP contribution in [0.4, 0.5) is 0 Å². The molecule has 0 spiro atoms. The molecule has 0 aromatic heterocycles. The molecule has 1 saturated heterocycles. The van der Waals surface area contributed by atoms with E-state index in [0.717, 1.165) is 42.6 Å². The molecule has 1 aliphatic heterocycles. The van der Waals surface area contributed by atoms with Gasteiger partial charge in [-0.25, -0.2) is 13.1 Å². The van der Waals surface area contributed by atoms with E-state index < -0.39 is 10.0 Å². The number of sulfonamides is 1. The molecule has 3 aromatic rings. The number of carbonyl (C=O) groups excluding carboxylic acids is 1. The summed E-state index contributed by atoms with van der Waals surface area (Å²) in [7, 11) is -3.61. The average molecular weight is 449 g/mol. The Hall–Kier alpha value is -2.96. The van der Waals surface area contributed by atoms with Crippen molar-refractivity contribution < 1.29 is 13.2 Å². The Balaban J connectivity index is 1.47. The molecule has 0 aliphatic carbocycles. The summed E-state index contributed by atoms with van der Waals surface area (Å²) < 4.78 is 27.9. The van der Waals surface area contributed by atoms with Gasteiger partial charge in [-0.05, 0) is 59.7 Å². The van der Waals surface area contributed by atoms with Crippen molar-refractivity contribution in [2.24, 2.45) is 5.92 Å². The molecule has 1 N–H and O–H groups in total. The molecular weight excluding hydrogens is 420 g/mol. The third kappa shape index (κ3) is 5.26. The third-order valence-corrected chi connectivity index (χ3v) is 7.40. The van der Waals surface area contributed by atoms with E-state index in [9.17, 15) is 13.2 Å². The third-order valence-electron chi connectivity index (χ3n) is 5.99. The molecule has 166 valence electrons. The van der Waals surface area contributed by atoms with Crippen molar-refractivity contribution in [3.8, 4) is 11.1 Å². The van der Waals surface area contributed by atoms with Crippen molar-refractivity contribution in [3.63, 3.8) is 0 Å². The number of carbonyl (C=O) groups is 1. The number of piperidine rings is 1. The number of likely N-dealkylation sites (tertiary alicyclic amines) is 1. The predicted octanol–water partition coefficient (Wildman–Crippen LogP) is 4.70. The summed E-state index contributed by atoms with van der Waals surface area (Å²) in [6.07, 6.45) is 2.08. The standard InChI is InChI=1S/C26H28N2O3S/c1-20-14-16-28(17-15-20)26(29)24-9-5-8-23(18-24)22-10-12-25(13-11-22)32(30,31)27-19-21-6-3-2-4-7-21/h2-13,18,20,27H,14-17,19H2,1H3. The van der Waals surface area contributed by atoms with Crippen LogP contribution in [0.15, 0.2) is 83.8 Å². The summed E-state index contributed by atoms with van der Waals surface area (Å²) in [5, 5.41) is 0. The van der Waals surface area contributed by atoms with E-state index in [1.807, 2.05) is 59.5 Å². The first-order chi connectivity index (χ1) is 15.4. The van der Waals surface area contributed by atoms with Gasteiger partial charge in [0.1, 0.15) is 0 Å². The second-order valence-corrected chi connectivity index (χ2v) is 10.2. The number of nitrogens with zero attached hydrogens (tertiary/aromatic N) is 1. The van der Waals surface area contributed by atoms with Crippen LogP contribution < -0.4 is 4.72 Å². The van der Waals surface area contributed by atoms with Gasteiger partial charge < -0.3 is 4.90 Å². The van der Waals surface area contributed by atoms with Gasteiger partial charge >= 0.3 is 0 Å². The lowest BCUT2D eigenvalue weighted by molar-refractivity contribution is 0.0697. The van der Waals surface area contributed by atoms with Crippen LogP contribution in [0.3, 0.4) is 0 Å². The fourth-order valence-corrected chi connectivity index (χ4v) is 4.93. The minimum Gasteiger partial charge on any atom is -0.339 e. The Morgan fingerprint density at radius 2 is 1.59 bits per heavy atom. The highest BCUT2D eigenvalue weighted by atomic mass is 32.2. The van der Waals surface area contributed by atoms with Crippen molar-refractivity contribution in [2.45, 2.75) is 31.2 Å². The number of rotatable bonds is 6. The highest BCUT2D eigenvalue weighted by Crippen LogP contribution is 2.24. The number of benzene rings is 3. The normalized spacial score (nSPS) is 15.0. The smallest absolute Gasteiger partial charge is 0.253 e. The van der Waals surface area contributed by atoms with Gasteiger partial charge in [0.2, 0.25) is 10.0 Å². The van der Waals surface area contributed by atoms with E-state index in [4.69, 9.17) is 0 Å². The first kappa shape index (κ1) is 22.2. The topological polar surface area (TPSA) is 66.5 Å². The van der Waals surface area contributed by atoms with Crippen molar-refractivity contribution in [1.29, 1.82) is 0 Å². The number of amides is 1. The van der Waals surface area contributed by atoms with Crippen molar-refractivity contribution >= 4 is 15.9 Å². The maximum Gasteiger partial charge on any atom is 0.253 e. The molecule has 0 atom stereocenters.